The first-order chi connectivity index (χ1) is 12.4. The highest BCUT2D eigenvalue weighted by Gasteiger charge is 2.09. The van der Waals surface area contributed by atoms with Gasteiger partial charge in [0.05, 0.1) is 5.69 Å². The molecule has 3 nitrogen and oxygen atoms in total. The van der Waals surface area contributed by atoms with Gasteiger partial charge < -0.3 is 0 Å². The molecule has 1 amide bonds. The van der Waals surface area contributed by atoms with E-state index in [1.54, 1.807) is 24.3 Å². The van der Waals surface area contributed by atoms with Crippen molar-refractivity contribution >= 4 is 51.7 Å². The van der Waals surface area contributed by atoms with Gasteiger partial charge in [0.25, 0.3) is 0 Å². The average Bonchev–Trinajstić information content (AvgIpc) is 3.02. The molecule has 3 aromatic rings. The Labute approximate surface area is 166 Å². The number of carbonyl (C=O) groups excluding carboxylic acids is 1. The van der Waals surface area contributed by atoms with Gasteiger partial charge in [-0.05, 0) is 37.6 Å². The molecule has 0 aliphatic heterocycles. The number of nitrogens with one attached hydrogen (secondary N) is 1. The molecule has 0 radical (unpaired) electrons. The number of halogens is 2. The Morgan fingerprint density at radius 1 is 1.15 bits per heavy atom. The number of anilines is 1. The molecular weight excluding hydrogens is 387 g/mol. The predicted molar refractivity (Wildman–Crippen MR) is 111 cm³/mol. The second kappa shape index (κ2) is 8.04. The van der Waals surface area contributed by atoms with E-state index in [0.717, 1.165) is 16.8 Å². The number of amides is 1. The largest absolute Gasteiger partial charge is 0.298 e. The second-order valence-electron chi connectivity index (χ2n) is 5.81. The van der Waals surface area contributed by atoms with Crippen LogP contribution >= 0.6 is 34.5 Å². The third-order valence-electron chi connectivity index (χ3n) is 3.79. The molecule has 1 aromatic heterocycles. The number of rotatable bonds is 4. The molecule has 3 rings (SSSR count). The Kier molecular flexibility index (Phi) is 5.77. The maximum Gasteiger partial charge on any atom is 0.250 e. The summed E-state index contributed by atoms with van der Waals surface area (Å²) in [6.07, 6.45) is 2.99. The first-order valence-corrected chi connectivity index (χ1v) is 9.54. The lowest BCUT2D eigenvalue weighted by atomic mass is 10.0. The van der Waals surface area contributed by atoms with E-state index >= 15 is 0 Å². The van der Waals surface area contributed by atoms with Crippen LogP contribution in [0.3, 0.4) is 0 Å². The van der Waals surface area contributed by atoms with Gasteiger partial charge in [-0.2, -0.15) is 0 Å². The molecule has 0 aliphatic rings. The summed E-state index contributed by atoms with van der Waals surface area (Å²) in [7, 11) is 0. The minimum Gasteiger partial charge on any atom is -0.298 e. The van der Waals surface area contributed by atoms with Gasteiger partial charge in [0.2, 0.25) is 5.91 Å². The van der Waals surface area contributed by atoms with Crippen LogP contribution in [0.2, 0.25) is 10.0 Å². The molecule has 6 heteroatoms. The van der Waals surface area contributed by atoms with E-state index in [2.05, 4.69) is 36.3 Å². The van der Waals surface area contributed by atoms with Gasteiger partial charge in [-0.15, -0.1) is 11.3 Å². The van der Waals surface area contributed by atoms with Crippen LogP contribution in [-0.4, -0.2) is 10.9 Å². The minimum absolute atomic E-state index is 0.289. The van der Waals surface area contributed by atoms with E-state index in [4.69, 9.17) is 23.2 Å². The molecule has 1 N–H and O–H groups in total. The van der Waals surface area contributed by atoms with Crippen molar-refractivity contribution < 1.29 is 4.79 Å². The van der Waals surface area contributed by atoms with Crippen LogP contribution < -0.4 is 5.32 Å². The first-order valence-electron chi connectivity index (χ1n) is 7.90. The molecule has 2 aromatic carbocycles. The van der Waals surface area contributed by atoms with Gasteiger partial charge in [0.15, 0.2) is 5.13 Å². The monoisotopic (exact) mass is 402 g/mol. The molecule has 1 heterocycles. The third kappa shape index (κ3) is 4.33. The fourth-order valence-corrected chi connectivity index (χ4v) is 3.77. The van der Waals surface area contributed by atoms with Crippen LogP contribution in [0.1, 0.15) is 16.7 Å². The van der Waals surface area contributed by atoms with Crippen LogP contribution in [0.4, 0.5) is 5.13 Å². The Morgan fingerprint density at radius 3 is 2.58 bits per heavy atom. The molecule has 0 aliphatic carbocycles. The smallest absolute Gasteiger partial charge is 0.250 e. The van der Waals surface area contributed by atoms with Crippen molar-refractivity contribution in [2.75, 3.05) is 5.32 Å². The molecule has 26 heavy (non-hydrogen) atoms. The Hall–Kier alpha value is -2.14. The van der Waals surface area contributed by atoms with Crippen molar-refractivity contribution in [3.05, 3.63) is 74.6 Å². The van der Waals surface area contributed by atoms with Crippen molar-refractivity contribution in [3.63, 3.8) is 0 Å². The number of hydrogen-bond acceptors (Lipinski definition) is 3. The standard InChI is InChI=1S/C20H16Cl2N2OS/c1-12-6-7-14(13(2)10-12)18-11-26-20(23-18)24-19(25)9-8-15-16(21)4-3-5-17(15)22/h3-11H,1-2H3,(H,23,24,25)/b9-8+. The van der Waals surface area contributed by atoms with Crippen molar-refractivity contribution in [3.8, 4) is 11.3 Å². The quantitative estimate of drug-likeness (QED) is 0.513. The Morgan fingerprint density at radius 2 is 1.88 bits per heavy atom. The summed E-state index contributed by atoms with van der Waals surface area (Å²) in [5, 5.41) is 6.23. The van der Waals surface area contributed by atoms with E-state index in [1.165, 1.54) is 23.0 Å². The SMILES string of the molecule is Cc1ccc(-c2csc(NC(=O)/C=C/c3c(Cl)cccc3Cl)n2)c(C)c1. The van der Waals surface area contributed by atoms with Crippen molar-refractivity contribution in [1.82, 2.24) is 4.98 Å². The molecule has 0 atom stereocenters. The lowest BCUT2D eigenvalue weighted by Gasteiger charge is -2.03. The number of hydrogen-bond donors (Lipinski definition) is 1. The van der Waals surface area contributed by atoms with Crippen LogP contribution in [-0.2, 0) is 4.79 Å². The molecule has 0 saturated heterocycles. The third-order valence-corrected chi connectivity index (χ3v) is 5.21. The topological polar surface area (TPSA) is 42.0 Å². The molecule has 0 fully saturated rings. The number of aromatic nitrogens is 1. The first kappa shape index (κ1) is 18.6. The van der Waals surface area contributed by atoms with Gasteiger partial charge in [0, 0.05) is 32.6 Å². The number of nitrogens with zero attached hydrogens (tertiary/aromatic N) is 1. The fraction of sp³-hybridized carbons (Fsp3) is 0.100. The molecule has 132 valence electrons. The highest BCUT2D eigenvalue weighted by molar-refractivity contribution is 7.14. The van der Waals surface area contributed by atoms with E-state index in [9.17, 15) is 4.79 Å². The van der Waals surface area contributed by atoms with E-state index in [1.807, 2.05) is 11.4 Å². The Balaban J connectivity index is 1.73. The lowest BCUT2D eigenvalue weighted by molar-refractivity contribution is -0.111. The lowest BCUT2D eigenvalue weighted by Crippen LogP contribution is -2.07. The van der Waals surface area contributed by atoms with Crippen LogP contribution in [0, 0.1) is 13.8 Å². The summed E-state index contributed by atoms with van der Waals surface area (Å²) in [4.78, 5) is 16.6. The van der Waals surface area contributed by atoms with Gasteiger partial charge >= 0.3 is 0 Å². The van der Waals surface area contributed by atoms with Crippen molar-refractivity contribution in [1.29, 1.82) is 0 Å². The van der Waals surface area contributed by atoms with Gasteiger partial charge in [0.1, 0.15) is 0 Å². The summed E-state index contributed by atoms with van der Waals surface area (Å²) in [6, 6.07) is 11.4. The second-order valence-corrected chi connectivity index (χ2v) is 7.49. The van der Waals surface area contributed by atoms with E-state index in [-0.39, 0.29) is 5.91 Å². The highest BCUT2D eigenvalue weighted by Crippen LogP contribution is 2.28. The summed E-state index contributed by atoms with van der Waals surface area (Å²) >= 11 is 13.6. The average molecular weight is 403 g/mol. The van der Waals surface area contributed by atoms with Gasteiger partial charge in [-0.1, -0.05) is 53.0 Å². The fourth-order valence-electron chi connectivity index (χ4n) is 2.53. The Bertz CT molecular complexity index is 975. The van der Waals surface area contributed by atoms with Crippen molar-refractivity contribution in [2.45, 2.75) is 13.8 Å². The molecule has 0 unspecified atom stereocenters. The maximum atomic E-state index is 12.1. The van der Waals surface area contributed by atoms with Crippen LogP contribution in [0.25, 0.3) is 17.3 Å². The van der Waals surface area contributed by atoms with Crippen LogP contribution in [0.15, 0.2) is 47.9 Å². The maximum absolute atomic E-state index is 12.1. The number of aryl methyl sites for hydroxylation is 2. The number of thiazole rings is 1. The minimum atomic E-state index is -0.289. The van der Waals surface area contributed by atoms with E-state index < -0.39 is 0 Å². The zero-order chi connectivity index (χ0) is 18.7. The number of benzene rings is 2. The summed E-state index contributed by atoms with van der Waals surface area (Å²) < 4.78 is 0. The van der Waals surface area contributed by atoms with Crippen LogP contribution in [0.5, 0.6) is 0 Å². The molecular formula is C20H16Cl2N2OS. The summed E-state index contributed by atoms with van der Waals surface area (Å²) in [5.41, 5.74) is 4.88. The van der Waals surface area contributed by atoms with Gasteiger partial charge in [-0.3, -0.25) is 10.1 Å². The molecule has 0 bridgehead atoms. The zero-order valence-corrected chi connectivity index (χ0v) is 16.5. The molecule has 0 spiro atoms. The number of carbonyl (C=O) groups is 1. The summed E-state index contributed by atoms with van der Waals surface area (Å²) in [5.74, 6) is -0.289. The molecule has 0 saturated carbocycles. The van der Waals surface area contributed by atoms with Gasteiger partial charge in [-0.25, -0.2) is 4.98 Å². The van der Waals surface area contributed by atoms with E-state index in [0.29, 0.717) is 20.7 Å². The predicted octanol–water partition coefficient (Wildman–Crippen LogP) is 6.39. The zero-order valence-electron chi connectivity index (χ0n) is 14.2. The highest BCUT2D eigenvalue weighted by atomic mass is 35.5. The normalized spacial score (nSPS) is 11.1. The van der Waals surface area contributed by atoms with Crippen molar-refractivity contribution in [2.24, 2.45) is 0 Å². The summed E-state index contributed by atoms with van der Waals surface area (Å²) in [6.45, 7) is 4.11.